The Labute approximate surface area is 163 Å². The number of carboxylic acids is 1. The van der Waals surface area contributed by atoms with Crippen molar-refractivity contribution >= 4 is 23.6 Å². The van der Waals surface area contributed by atoms with Gasteiger partial charge in [0, 0.05) is 17.3 Å². The van der Waals surface area contributed by atoms with E-state index in [-0.39, 0.29) is 18.0 Å². The van der Waals surface area contributed by atoms with Crippen molar-refractivity contribution in [3.8, 4) is 0 Å². The molecule has 0 radical (unpaired) electrons. The normalized spacial score (nSPS) is 20.5. The number of hydrogen-bond donors (Lipinski definition) is 3. The second-order valence-electron chi connectivity index (χ2n) is 6.75. The maximum atomic E-state index is 12.6. The standard InChI is InChI=1S/C20H22ClN3O3/c21-15-5-3-4-14(12-15)18(17-6-1-2-11-22-17)24-20(27)23-16-9-7-13(8-10-16)19(25)26/h1-6,11-13,16,18H,7-10H2,(H,25,26)(H2,23,24,27). The molecule has 7 heteroatoms. The maximum Gasteiger partial charge on any atom is 0.315 e. The van der Waals surface area contributed by atoms with Crippen LogP contribution in [0.2, 0.25) is 5.02 Å². The molecule has 1 aliphatic rings. The largest absolute Gasteiger partial charge is 0.481 e. The minimum atomic E-state index is -0.755. The number of carbonyl (C=O) groups excluding carboxylic acids is 1. The van der Waals surface area contributed by atoms with Crippen molar-refractivity contribution in [2.45, 2.75) is 37.8 Å². The third kappa shape index (κ3) is 5.20. The van der Waals surface area contributed by atoms with Crippen LogP contribution in [-0.4, -0.2) is 28.1 Å². The lowest BCUT2D eigenvalue weighted by atomic mass is 9.86. The van der Waals surface area contributed by atoms with Gasteiger partial charge in [-0.25, -0.2) is 4.79 Å². The van der Waals surface area contributed by atoms with Gasteiger partial charge in [-0.2, -0.15) is 0 Å². The van der Waals surface area contributed by atoms with E-state index < -0.39 is 12.0 Å². The number of hydrogen-bond acceptors (Lipinski definition) is 3. The van der Waals surface area contributed by atoms with Crippen molar-refractivity contribution in [3.05, 3.63) is 64.9 Å². The average molecular weight is 388 g/mol. The van der Waals surface area contributed by atoms with Crippen LogP contribution in [0.4, 0.5) is 4.79 Å². The molecule has 1 saturated carbocycles. The van der Waals surface area contributed by atoms with Gasteiger partial charge in [0.25, 0.3) is 0 Å². The number of halogens is 1. The zero-order valence-electron chi connectivity index (χ0n) is 14.8. The van der Waals surface area contributed by atoms with Gasteiger partial charge in [-0.05, 0) is 55.5 Å². The van der Waals surface area contributed by atoms with Crippen LogP contribution in [0.15, 0.2) is 48.7 Å². The molecule has 3 N–H and O–H groups in total. The Morgan fingerprint density at radius 2 is 1.89 bits per heavy atom. The predicted octanol–water partition coefficient (Wildman–Crippen LogP) is 3.77. The summed E-state index contributed by atoms with van der Waals surface area (Å²) in [6.45, 7) is 0. The second kappa shape index (κ2) is 8.86. The second-order valence-corrected chi connectivity index (χ2v) is 7.18. The lowest BCUT2D eigenvalue weighted by molar-refractivity contribution is -0.142. The third-order valence-corrected chi connectivity index (χ3v) is 5.09. The number of aromatic nitrogens is 1. The van der Waals surface area contributed by atoms with Gasteiger partial charge in [0.05, 0.1) is 17.7 Å². The van der Waals surface area contributed by atoms with E-state index in [4.69, 9.17) is 16.7 Å². The van der Waals surface area contributed by atoms with Crippen LogP contribution in [0.3, 0.4) is 0 Å². The van der Waals surface area contributed by atoms with Crippen LogP contribution in [-0.2, 0) is 4.79 Å². The van der Waals surface area contributed by atoms with E-state index in [1.807, 2.05) is 30.3 Å². The summed E-state index contributed by atoms with van der Waals surface area (Å²) >= 11 is 6.11. The molecule has 1 aliphatic carbocycles. The quantitative estimate of drug-likeness (QED) is 0.728. The van der Waals surface area contributed by atoms with Gasteiger partial charge in [-0.3, -0.25) is 9.78 Å². The third-order valence-electron chi connectivity index (χ3n) is 4.85. The van der Waals surface area contributed by atoms with Gasteiger partial charge >= 0.3 is 12.0 Å². The smallest absolute Gasteiger partial charge is 0.315 e. The lowest BCUT2D eigenvalue weighted by Gasteiger charge is -2.28. The first-order chi connectivity index (χ1) is 13.0. The van der Waals surface area contributed by atoms with Crippen molar-refractivity contribution < 1.29 is 14.7 Å². The molecule has 0 spiro atoms. The summed E-state index contributed by atoms with van der Waals surface area (Å²) in [5, 5.41) is 15.6. The SMILES string of the molecule is O=C(NC1CCC(C(=O)O)CC1)NC(c1cccc(Cl)c1)c1ccccn1. The Bertz CT molecular complexity index is 792. The van der Waals surface area contributed by atoms with Gasteiger partial charge in [0.1, 0.15) is 0 Å². The van der Waals surface area contributed by atoms with E-state index >= 15 is 0 Å². The Kier molecular flexibility index (Phi) is 6.29. The van der Waals surface area contributed by atoms with Crippen molar-refractivity contribution in [1.82, 2.24) is 15.6 Å². The molecule has 1 unspecified atom stereocenters. The van der Waals surface area contributed by atoms with Gasteiger partial charge in [0.15, 0.2) is 0 Å². The molecular formula is C20H22ClN3O3. The minimum absolute atomic E-state index is 0.0238. The fourth-order valence-electron chi connectivity index (χ4n) is 3.40. The highest BCUT2D eigenvalue weighted by Gasteiger charge is 2.27. The predicted molar refractivity (Wildman–Crippen MR) is 103 cm³/mol. The molecule has 2 aromatic rings. The highest BCUT2D eigenvalue weighted by molar-refractivity contribution is 6.30. The van der Waals surface area contributed by atoms with Crippen LogP contribution >= 0.6 is 11.6 Å². The number of pyridine rings is 1. The number of nitrogens with zero attached hydrogens (tertiary/aromatic N) is 1. The number of carboxylic acid groups (broad SMARTS) is 1. The Hall–Kier alpha value is -2.60. The van der Waals surface area contributed by atoms with Gasteiger partial charge < -0.3 is 15.7 Å². The van der Waals surface area contributed by atoms with Crippen molar-refractivity contribution in [1.29, 1.82) is 0 Å². The summed E-state index contributed by atoms with van der Waals surface area (Å²) in [6.07, 6.45) is 4.17. The summed E-state index contributed by atoms with van der Waals surface area (Å²) < 4.78 is 0. The number of carbonyl (C=O) groups is 2. The monoisotopic (exact) mass is 387 g/mol. The van der Waals surface area contributed by atoms with E-state index in [0.717, 1.165) is 5.56 Å². The van der Waals surface area contributed by atoms with Crippen LogP contribution in [0.25, 0.3) is 0 Å². The molecule has 1 atom stereocenters. The highest BCUT2D eigenvalue weighted by atomic mass is 35.5. The van der Waals surface area contributed by atoms with Gasteiger partial charge in [-0.1, -0.05) is 29.8 Å². The van der Waals surface area contributed by atoms with Gasteiger partial charge in [0.2, 0.25) is 0 Å². The van der Waals surface area contributed by atoms with Crippen LogP contribution in [0, 0.1) is 5.92 Å². The Balaban J connectivity index is 1.67. The van der Waals surface area contributed by atoms with E-state index in [2.05, 4.69) is 15.6 Å². The van der Waals surface area contributed by atoms with E-state index in [0.29, 0.717) is 36.4 Å². The Morgan fingerprint density at radius 1 is 1.11 bits per heavy atom. The lowest BCUT2D eigenvalue weighted by Crippen LogP contribution is -2.45. The topological polar surface area (TPSA) is 91.3 Å². The molecule has 0 aliphatic heterocycles. The summed E-state index contributed by atoms with van der Waals surface area (Å²) in [7, 11) is 0. The molecule has 0 saturated heterocycles. The highest BCUT2D eigenvalue weighted by Crippen LogP contribution is 2.25. The molecule has 6 nitrogen and oxygen atoms in total. The zero-order chi connectivity index (χ0) is 19.2. The summed E-state index contributed by atoms with van der Waals surface area (Å²) in [5.41, 5.74) is 1.55. The maximum absolute atomic E-state index is 12.6. The molecule has 2 amide bonds. The minimum Gasteiger partial charge on any atom is -0.481 e. The molecule has 1 heterocycles. The number of nitrogens with one attached hydrogen (secondary N) is 2. The first-order valence-corrected chi connectivity index (χ1v) is 9.37. The fourth-order valence-corrected chi connectivity index (χ4v) is 3.60. The van der Waals surface area contributed by atoms with E-state index in [9.17, 15) is 9.59 Å². The Morgan fingerprint density at radius 3 is 2.52 bits per heavy atom. The summed E-state index contributed by atoms with van der Waals surface area (Å²) in [4.78, 5) is 28.0. The van der Waals surface area contributed by atoms with Crippen molar-refractivity contribution in [3.63, 3.8) is 0 Å². The first-order valence-electron chi connectivity index (χ1n) is 8.99. The van der Waals surface area contributed by atoms with Crippen molar-refractivity contribution in [2.75, 3.05) is 0 Å². The van der Waals surface area contributed by atoms with Crippen LogP contribution < -0.4 is 10.6 Å². The number of rotatable bonds is 5. The molecule has 0 bridgehead atoms. The molecule has 27 heavy (non-hydrogen) atoms. The van der Waals surface area contributed by atoms with Crippen molar-refractivity contribution in [2.24, 2.45) is 5.92 Å². The molecule has 3 rings (SSSR count). The number of urea groups is 1. The fraction of sp³-hybridized carbons (Fsp3) is 0.350. The summed E-state index contributed by atoms with van der Waals surface area (Å²) in [5.74, 6) is -1.06. The van der Waals surface area contributed by atoms with E-state index in [1.165, 1.54) is 0 Å². The zero-order valence-corrected chi connectivity index (χ0v) is 15.5. The average Bonchev–Trinajstić information content (AvgIpc) is 2.67. The number of aliphatic carboxylic acids is 1. The number of amides is 2. The summed E-state index contributed by atoms with van der Waals surface area (Å²) in [6, 6.07) is 12.1. The number of benzene rings is 1. The molecule has 142 valence electrons. The molecule has 1 fully saturated rings. The molecule has 1 aromatic carbocycles. The van der Waals surface area contributed by atoms with Crippen LogP contribution in [0.5, 0.6) is 0 Å². The molecule has 1 aromatic heterocycles. The van der Waals surface area contributed by atoms with E-state index in [1.54, 1.807) is 18.3 Å². The first kappa shape index (κ1) is 19.2. The molecular weight excluding hydrogens is 366 g/mol. The van der Waals surface area contributed by atoms with Crippen LogP contribution in [0.1, 0.15) is 43.0 Å². The van der Waals surface area contributed by atoms with Gasteiger partial charge in [-0.15, -0.1) is 0 Å².